The molecule has 1 aliphatic heterocycles. The van der Waals surface area contributed by atoms with Crippen molar-refractivity contribution < 1.29 is 9.53 Å². The molecule has 0 saturated carbocycles. The molecule has 1 amide bonds. The summed E-state index contributed by atoms with van der Waals surface area (Å²) in [6, 6.07) is 8.22. The second-order valence-corrected chi connectivity index (χ2v) is 7.79. The van der Waals surface area contributed by atoms with E-state index in [1.165, 1.54) is 0 Å². The van der Waals surface area contributed by atoms with Gasteiger partial charge in [0.25, 0.3) is 0 Å². The Morgan fingerprint density at radius 1 is 1.33 bits per heavy atom. The molecule has 3 rings (SSSR count). The zero-order valence-corrected chi connectivity index (χ0v) is 15.4. The highest BCUT2D eigenvalue weighted by atomic mass is 32.2. The minimum absolute atomic E-state index is 0.0712. The third-order valence-corrected chi connectivity index (χ3v) is 5.87. The van der Waals surface area contributed by atoms with Gasteiger partial charge in [0.05, 0.1) is 24.3 Å². The van der Waals surface area contributed by atoms with Crippen LogP contribution in [0, 0.1) is 0 Å². The van der Waals surface area contributed by atoms with Gasteiger partial charge in [-0.2, -0.15) is 11.8 Å². The van der Waals surface area contributed by atoms with E-state index in [0.717, 1.165) is 46.4 Å². The number of carbonyl (C=O) groups excluding carboxylic acids is 1. The summed E-state index contributed by atoms with van der Waals surface area (Å²) in [5, 5.41) is 6.00. The molecule has 1 saturated heterocycles. The minimum Gasteiger partial charge on any atom is -0.493 e. The number of hydrogen-bond acceptors (Lipinski definition) is 5. The lowest BCUT2D eigenvalue weighted by molar-refractivity contribution is -0.121. The summed E-state index contributed by atoms with van der Waals surface area (Å²) in [5.74, 6) is 3.19. The van der Waals surface area contributed by atoms with Crippen molar-refractivity contribution in [1.82, 2.24) is 10.3 Å². The van der Waals surface area contributed by atoms with Gasteiger partial charge in [0.1, 0.15) is 10.8 Å². The molecule has 2 aromatic rings. The van der Waals surface area contributed by atoms with Crippen molar-refractivity contribution in [3.8, 4) is 16.3 Å². The van der Waals surface area contributed by atoms with Crippen molar-refractivity contribution in [1.29, 1.82) is 0 Å². The van der Waals surface area contributed by atoms with Gasteiger partial charge in [-0.05, 0) is 43.4 Å². The Hall–Kier alpha value is -1.53. The van der Waals surface area contributed by atoms with Crippen LogP contribution in [0.2, 0.25) is 0 Å². The molecule has 0 bridgehead atoms. The van der Waals surface area contributed by atoms with Crippen LogP contribution in [0.3, 0.4) is 0 Å². The molecule has 1 N–H and O–H groups in total. The smallest absolute Gasteiger partial charge is 0.226 e. The molecule has 6 heteroatoms. The average Bonchev–Trinajstić information content (AvgIpc) is 3.04. The number of hydrogen-bond donors (Lipinski definition) is 1. The van der Waals surface area contributed by atoms with E-state index in [2.05, 4.69) is 10.3 Å². The number of nitrogens with zero attached hydrogens (tertiary/aromatic N) is 1. The molecule has 24 heavy (non-hydrogen) atoms. The Bertz CT molecular complexity index is 681. The summed E-state index contributed by atoms with van der Waals surface area (Å²) in [7, 11) is 0. The molecule has 1 aromatic heterocycles. The van der Waals surface area contributed by atoms with Gasteiger partial charge in [-0.25, -0.2) is 4.98 Å². The molecule has 0 aliphatic carbocycles. The van der Waals surface area contributed by atoms with Crippen LogP contribution in [0.25, 0.3) is 10.6 Å². The van der Waals surface area contributed by atoms with Crippen LogP contribution >= 0.6 is 23.1 Å². The molecule has 1 fully saturated rings. The summed E-state index contributed by atoms with van der Waals surface area (Å²) in [5.41, 5.74) is 1.81. The van der Waals surface area contributed by atoms with E-state index in [1.54, 1.807) is 11.3 Å². The lowest BCUT2D eigenvalue weighted by Crippen LogP contribution is -2.38. The SMILES string of the molecule is CCOc1ccccc1-c1nc(CC(=O)NC2CCSCC2)cs1. The summed E-state index contributed by atoms with van der Waals surface area (Å²) in [4.78, 5) is 16.8. The van der Waals surface area contributed by atoms with Crippen LogP contribution < -0.4 is 10.1 Å². The van der Waals surface area contributed by atoms with Gasteiger partial charge >= 0.3 is 0 Å². The maximum Gasteiger partial charge on any atom is 0.226 e. The Labute approximate surface area is 151 Å². The average molecular weight is 363 g/mol. The zero-order chi connectivity index (χ0) is 16.8. The molecule has 2 heterocycles. The Kier molecular flexibility index (Phi) is 6.15. The number of benzene rings is 1. The minimum atomic E-state index is 0.0712. The third-order valence-electron chi connectivity index (χ3n) is 3.90. The van der Waals surface area contributed by atoms with E-state index in [0.29, 0.717) is 19.1 Å². The van der Waals surface area contributed by atoms with Crippen molar-refractivity contribution in [2.24, 2.45) is 0 Å². The molecule has 1 aliphatic rings. The number of amides is 1. The topological polar surface area (TPSA) is 51.2 Å². The number of rotatable bonds is 6. The van der Waals surface area contributed by atoms with Crippen molar-refractivity contribution in [3.63, 3.8) is 0 Å². The largest absolute Gasteiger partial charge is 0.493 e. The highest BCUT2D eigenvalue weighted by Crippen LogP contribution is 2.32. The Morgan fingerprint density at radius 3 is 2.92 bits per heavy atom. The fourth-order valence-corrected chi connectivity index (χ4v) is 4.68. The van der Waals surface area contributed by atoms with Crippen molar-refractivity contribution in [2.45, 2.75) is 32.2 Å². The van der Waals surface area contributed by atoms with Gasteiger partial charge in [-0.3, -0.25) is 4.79 Å². The second-order valence-electron chi connectivity index (χ2n) is 5.70. The van der Waals surface area contributed by atoms with Crippen molar-refractivity contribution in [2.75, 3.05) is 18.1 Å². The molecule has 0 atom stereocenters. The molecule has 0 spiro atoms. The Balaban J connectivity index is 1.64. The fraction of sp³-hybridized carbons (Fsp3) is 0.444. The monoisotopic (exact) mass is 362 g/mol. The summed E-state index contributed by atoms with van der Waals surface area (Å²) < 4.78 is 5.67. The van der Waals surface area contributed by atoms with Gasteiger partial charge in [0, 0.05) is 11.4 Å². The lowest BCUT2D eigenvalue weighted by Gasteiger charge is -2.22. The molecule has 0 radical (unpaired) electrons. The van der Waals surface area contributed by atoms with Crippen LogP contribution in [-0.4, -0.2) is 35.0 Å². The van der Waals surface area contributed by atoms with Crippen molar-refractivity contribution >= 4 is 29.0 Å². The molecular weight excluding hydrogens is 340 g/mol. The van der Waals surface area contributed by atoms with Gasteiger partial charge in [-0.1, -0.05) is 12.1 Å². The normalized spacial score (nSPS) is 15.2. The Morgan fingerprint density at radius 2 is 2.12 bits per heavy atom. The van der Waals surface area contributed by atoms with E-state index in [9.17, 15) is 4.79 Å². The molecular formula is C18H22N2O2S2. The van der Waals surface area contributed by atoms with E-state index in [1.807, 2.05) is 48.3 Å². The van der Waals surface area contributed by atoms with Gasteiger partial charge < -0.3 is 10.1 Å². The molecule has 0 unspecified atom stereocenters. The first-order valence-electron chi connectivity index (χ1n) is 8.30. The first-order chi connectivity index (χ1) is 11.8. The molecule has 4 nitrogen and oxygen atoms in total. The summed E-state index contributed by atoms with van der Waals surface area (Å²) in [6.07, 6.45) is 2.48. The maximum atomic E-state index is 12.2. The number of nitrogens with one attached hydrogen (secondary N) is 1. The van der Waals surface area contributed by atoms with Gasteiger partial charge in [0.15, 0.2) is 0 Å². The second kappa shape index (κ2) is 8.53. The lowest BCUT2D eigenvalue weighted by atomic mass is 10.1. The van der Waals surface area contributed by atoms with E-state index in [4.69, 9.17) is 4.74 Å². The number of thiazole rings is 1. The van der Waals surface area contributed by atoms with Gasteiger partial charge in [-0.15, -0.1) is 11.3 Å². The zero-order valence-electron chi connectivity index (χ0n) is 13.8. The number of ether oxygens (including phenoxy) is 1. The highest BCUT2D eigenvalue weighted by molar-refractivity contribution is 7.99. The van der Waals surface area contributed by atoms with Crippen LogP contribution in [0.4, 0.5) is 0 Å². The van der Waals surface area contributed by atoms with Crippen LogP contribution in [0.5, 0.6) is 5.75 Å². The number of para-hydroxylation sites is 1. The quantitative estimate of drug-likeness (QED) is 0.850. The number of carbonyl (C=O) groups is 1. The highest BCUT2D eigenvalue weighted by Gasteiger charge is 2.17. The van der Waals surface area contributed by atoms with E-state index < -0.39 is 0 Å². The predicted molar refractivity (Wildman–Crippen MR) is 101 cm³/mol. The standard InChI is InChI=1S/C18H22N2O2S2/c1-2-22-16-6-4-3-5-15(16)18-20-14(12-24-18)11-17(21)19-13-7-9-23-10-8-13/h3-6,12-13H,2,7-11H2,1H3,(H,19,21). The van der Waals surface area contributed by atoms with Crippen LogP contribution in [0.1, 0.15) is 25.5 Å². The van der Waals surface area contributed by atoms with Gasteiger partial charge in [0.2, 0.25) is 5.91 Å². The number of aromatic nitrogens is 1. The van der Waals surface area contributed by atoms with E-state index >= 15 is 0 Å². The fourth-order valence-electron chi connectivity index (χ4n) is 2.72. The van der Waals surface area contributed by atoms with E-state index in [-0.39, 0.29) is 5.91 Å². The predicted octanol–water partition coefficient (Wildman–Crippen LogP) is 3.76. The first kappa shape index (κ1) is 17.3. The number of thioether (sulfide) groups is 1. The summed E-state index contributed by atoms with van der Waals surface area (Å²) >= 11 is 3.52. The summed E-state index contributed by atoms with van der Waals surface area (Å²) in [6.45, 7) is 2.59. The maximum absolute atomic E-state index is 12.2. The van der Waals surface area contributed by atoms with Crippen LogP contribution in [0.15, 0.2) is 29.6 Å². The third kappa shape index (κ3) is 4.51. The van der Waals surface area contributed by atoms with Crippen LogP contribution in [-0.2, 0) is 11.2 Å². The first-order valence-corrected chi connectivity index (χ1v) is 10.3. The van der Waals surface area contributed by atoms with Crippen molar-refractivity contribution in [3.05, 3.63) is 35.3 Å². The molecule has 128 valence electrons. The molecule has 1 aromatic carbocycles.